The lowest BCUT2D eigenvalue weighted by Crippen LogP contribution is -2.26. The molecular formula is C25H21F2NO4. The second-order valence-corrected chi connectivity index (χ2v) is 8.22. The first kappa shape index (κ1) is 20.4. The number of hydrogen-bond acceptors (Lipinski definition) is 5. The molecule has 0 atom stereocenters. The summed E-state index contributed by atoms with van der Waals surface area (Å²) in [5, 5.41) is 0. The standard InChI is InChI=1S/C25H21F2NO4/c1-15-5-6-16(12-19(15)18-4-3-11-28-23(18)30-2)13-22(29)24(9-10-24)17-7-8-20-21(14-17)32-25(26,27)31-20/h3-8,11-12,14H,9-10,13H2,1-2H3. The smallest absolute Gasteiger partial charge is 0.481 e. The first-order chi connectivity index (χ1) is 15.3. The number of ketones is 1. The van der Waals surface area contributed by atoms with Crippen molar-refractivity contribution in [1.29, 1.82) is 0 Å². The Hall–Kier alpha value is -3.48. The van der Waals surface area contributed by atoms with Crippen LogP contribution in [0.3, 0.4) is 0 Å². The van der Waals surface area contributed by atoms with Crippen molar-refractivity contribution in [1.82, 2.24) is 4.98 Å². The Bertz CT molecular complexity index is 1220. The minimum atomic E-state index is -3.67. The summed E-state index contributed by atoms with van der Waals surface area (Å²) in [6.45, 7) is 2.00. The van der Waals surface area contributed by atoms with Gasteiger partial charge in [0.25, 0.3) is 0 Å². The fraction of sp³-hybridized carbons (Fsp3) is 0.280. The Balaban J connectivity index is 1.41. The zero-order chi connectivity index (χ0) is 22.5. The van der Waals surface area contributed by atoms with Crippen LogP contribution in [0.4, 0.5) is 8.78 Å². The van der Waals surface area contributed by atoms with Crippen molar-refractivity contribution in [2.45, 2.75) is 37.9 Å². The molecule has 1 saturated carbocycles. The first-order valence-corrected chi connectivity index (χ1v) is 10.3. The summed E-state index contributed by atoms with van der Waals surface area (Å²) >= 11 is 0. The molecule has 1 aliphatic heterocycles. The van der Waals surface area contributed by atoms with Crippen molar-refractivity contribution in [2.75, 3.05) is 7.11 Å². The van der Waals surface area contributed by atoms with Gasteiger partial charge < -0.3 is 14.2 Å². The Morgan fingerprint density at radius 2 is 1.84 bits per heavy atom. The maximum Gasteiger partial charge on any atom is 0.586 e. The molecule has 1 aromatic heterocycles. The second kappa shape index (κ2) is 7.29. The van der Waals surface area contributed by atoms with Crippen molar-refractivity contribution in [3.05, 3.63) is 71.4 Å². The van der Waals surface area contributed by atoms with E-state index in [-0.39, 0.29) is 23.7 Å². The Labute approximate surface area is 184 Å². The van der Waals surface area contributed by atoms with E-state index in [0.717, 1.165) is 22.3 Å². The Kier molecular flexibility index (Phi) is 4.65. The van der Waals surface area contributed by atoms with Crippen molar-refractivity contribution in [3.8, 4) is 28.5 Å². The molecule has 5 nitrogen and oxygen atoms in total. The van der Waals surface area contributed by atoms with E-state index in [2.05, 4.69) is 14.5 Å². The van der Waals surface area contributed by atoms with Crippen molar-refractivity contribution < 1.29 is 27.8 Å². The molecule has 0 bridgehead atoms. The summed E-state index contributed by atoms with van der Waals surface area (Å²) < 4.78 is 41.2. The SMILES string of the molecule is COc1ncccc1-c1cc(CC(=O)C2(c3ccc4c(c3)OC(F)(F)O4)CC2)ccc1C. The fourth-order valence-corrected chi connectivity index (χ4v) is 4.28. The molecule has 2 aliphatic rings. The highest BCUT2D eigenvalue weighted by molar-refractivity contribution is 5.95. The average molecular weight is 437 g/mol. The molecule has 164 valence electrons. The highest BCUT2D eigenvalue weighted by atomic mass is 19.3. The largest absolute Gasteiger partial charge is 0.586 e. The maximum atomic E-state index is 13.4. The number of methoxy groups -OCH3 is 1. The van der Waals surface area contributed by atoms with Gasteiger partial charge in [-0.2, -0.15) is 0 Å². The molecule has 0 N–H and O–H groups in total. The Morgan fingerprint density at radius 1 is 1.06 bits per heavy atom. The Morgan fingerprint density at radius 3 is 2.59 bits per heavy atom. The number of alkyl halides is 2. The minimum absolute atomic E-state index is 0.0180. The number of carbonyl (C=O) groups is 1. The van der Waals surface area contributed by atoms with E-state index in [1.807, 2.05) is 37.3 Å². The van der Waals surface area contributed by atoms with Crippen LogP contribution in [0.15, 0.2) is 54.7 Å². The number of ether oxygens (including phenoxy) is 3. The van der Waals surface area contributed by atoms with Gasteiger partial charge in [0.1, 0.15) is 5.78 Å². The van der Waals surface area contributed by atoms with E-state index in [0.29, 0.717) is 24.3 Å². The number of nitrogens with zero attached hydrogens (tertiary/aromatic N) is 1. The highest BCUT2D eigenvalue weighted by Gasteiger charge is 2.52. The topological polar surface area (TPSA) is 57.7 Å². The predicted molar refractivity (Wildman–Crippen MR) is 113 cm³/mol. The molecule has 0 amide bonds. The molecule has 0 radical (unpaired) electrons. The lowest BCUT2D eigenvalue weighted by molar-refractivity contribution is -0.286. The third-order valence-corrected chi connectivity index (χ3v) is 6.16. The normalized spacial score (nSPS) is 17.1. The summed E-state index contributed by atoms with van der Waals surface area (Å²) in [5.41, 5.74) is 3.75. The lowest BCUT2D eigenvalue weighted by Gasteiger charge is -2.16. The van der Waals surface area contributed by atoms with E-state index < -0.39 is 11.7 Å². The summed E-state index contributed by atoms with van der Waals surface area (Å²) in [7, 11) is 1.58. The van der Waals surface area contributed by atoms with Gasteiger partial charge in [0.05, 0.1) is 12.5 Å². The zero-order valence-corrected chi connectivity index (χ0v) is 17.7. The third kappa shape index (κ3) is 3.47. The van der Waals surface area contributed by atoms with Crippen molar-refractivity contribution in [2.24, 2.45) is 0 Å². The van der Waals surface area contributed by atoms with E-state index >= 15 is 0 Å². The number of aromatic nitrogens is 1. The quantitative estimate of drug-likeness (QED) is 0.529. The van der Waals surface area contributed by atoms with Gasteiger partial charge in [-0.1, -0.05) is 24.3 Å². The number of rotatable bonds is 6. The lowest BCUT2D eigenvalue weighted by atomic mass is 9.87. The van der Waals surface area contributed by atoms with E-state index in [1.54, 1.807) is 19.4 Å². The maximum absolute atomic E-state index is 13.4. The molecule has 1 aliphatic carbocycles. The van der Waals surface area contributed by atoms with Gasteiger partial charge in [0.15, 0.2) is 11.5 Å². The van der Waals surface area contributed by atoms with Gasteiger partial charge >= 0.3 is 6.29 Å². The van der Waals surface area contributed by atoms with Crippen LogP contribution in [-0.4, -0.2) is 24.2 Å². The first-order valence-electron chi connectivity index (χ1n) is 10.3. The summed E-state index contributed by atoms with van der Waals surface area (Å²) in [5.74, 6) is 0.523. The molecular weight excluding hydrogens is 416 g/mol. The van der Waals surface area contributed by atoms with Crippen molar-refractivity contribution in [3.63, 3.8) is 0 Å². The highest BCUT2D eigenvalue weighted by Crippen LogP contribution is 2.52. The van der Waals surface area contributed by atoms with Crippen molar-refractivity contribution >= 4 is 5.78 Å². The fourth-order valence-electron chi connectivity index (χ4n) is 4.28. The summed E-state index contributed by atoms with van der Waals surface area (Å²) in [6, 6.07) is 14.3. The number of hydrogen-bond donors (Lipinski definition) is 0. The number of benzene rings is 2. The van der Waals surface area contributed by atoms with Gasteiger partial charge in [0.2, 0.25) is 5.88 Å². The van der Waals surface area contributed by atoms with Crippen LogP contribution in [0.2, 0.25) is 0 Å². The summed E-state index contributed by atoms with van der Waals surface area (Å²) in [4.78, 5) is 17.6. The number of fused-ring (bicyclic) bond motifs is 1. The minimum Gasteiger partial charge on any atom is -0.481 e. The molecule has 3 aromatic rings. The van der Waals surface area contributed by atoms with Gasteiger partial charge in [-0.25, -0.2) is 4.98 Å². The van der Waals surface area contributed by atoms with Crippen LogP contribution in [0.1, 0.15) is 29.5 Å². The molecule has 2 aromatic carbocycles. The summed E-state index contributed by atoms with van der Waals surface area (Å²) in [6.07, 6.45) is -0.412. The van der Waals surface area contributed by atoms with Crippen LogP contribution >= 0.6 is 0 Å². The van der Waals surface area contributed by atoms with Crippen LogP contribution in [0, 0.1) is 6.92 Å². The molecule has 32 heavy (non-hydrogen) atoms. The van der Waals surface area contributed by atoms with E-state index in [9.17, 15) is 13.6 Å². The monoisotopic (exact) mass is 437 g/mol. The molecule has 5 rings (SSSR count). The predicted octanol–water partition coefficient (Wildman–Crippen LogP) is 5.23. The molecule has 0 unspecified atom stereocenters. The van der Waals surface area contributed by atoms with Gasteiger partial charge in [0, 0.05) is 18.2 Å². The van der Waals surface area contributed by atoms with Gasteiger partial charge in [-0.3, -0.25) is 4.79 Å². The number of aryl methyl sites for hydroxylation is 1. The molecule has 0 saturated heterocycles. The van der Waals surface area contributed by atoms with E-state index in [4.69, 9.17) is 4.74 Å². The molecule has 7 heteroatoms. The zero-order valence-electron chi connectivity index (χ0n) is 17.7. The third-order valence-electron chi connectivity index (χ3n) is 6.16. The molecule has 0 spiro atoms. The number of halogens is 2. The van der Waals surface area contributed by atoms with Crippen LogP contribution in [0.5, 0.6) is 17.4 Å². The van der Waals surface area contributed by atoms with E-state index in [1.165, 1.54) is 12.1 Å². The molecule has 2 heterocycles. The second-order valence-electron chi connectivity index (χ2n) is 8.22. The van der Waals surface area contributed by atoms with Crippen LogP contribution in [-0.2, 0) is 16.6 Å². The number of Topliss-reactive ketones (excluding diaryl/α,β-unsaturated/α-hetero) is 1. The average Bonchev–Trinajstić information content (AvgIpc) is 3.52. The number of pyridine rings is 1. The van der Waals surface area contributed by atoms with Gasteiger partial charge in [-0.15, -0.1) is 8.78 Å². The van der Waals surface area contributed by atoms with Gasteiger partial charge in [-0.05, 0) is 66.3 Å². The molecule has 1 fully saturated rings. The number of carbonyl (C=O) groups excluding carboxylic acids is 1. The van der Waals surface area contributed by atoms with Crippen LogP contribution in [0.25, 0.3) is 11.1 Å². The van der Waals surface area contributed by atoms with Crippen LogP contribution < -0.4 is 14.2 Å².